The lowest BCUT2D eigenvalue weighted by Crippen LogP contribution is -2.37. The summed E-state index contributed by atoms with van der Waals surface area (Å²) in [6.07, 6.45) is 3.34. The average molecular weight is 328 g/mol. The smallest absolute Gasteiger partial charge is 0.148 e. The lowest BCUT2D eigenvalue weighted by atomic mass is 10.1. The van der Waals surface area contributed by atoms with Gasteiger partial charge in [0, 0.05) is 32.4 Å². The molecule has 1 N–H and O–H groups in total. The second kappa shape index (κ2) is 6.86. The van der Waals surface area contributed by atoms with Crippen molar-refractivity contribution in [2.75, 3.05) is 31.6 Å². The number of ether oxygens (including phenoxy) is 1. The highest BCUT2D eigenvalue weighted by atomic mass is 16.5. The summed E-state index contributed by atoms with van der Waals surface area (Å²) in [5.41, 5.74) is 1.98. The Morgan fingerprint density at radius 2 is 2.25 bits per heavy atom. The van der Waals surface area contributed by atoms with Gasteiger partial charge in [-0.25, -0.2) is 4.98 Å². The summed E-state index contributed by atoms with van der Waals surface area (Å²) in [7, 11) is 0. The van der Waals surface area contributed by atoms with E-state index in [2.05, 4.69) is 31.2 Å². The van der Waals surface area contributed by atoms with Crippen LogP contribution in [-0.2, 0) is 24.4 Å². The number of nitrogens with zero attached hydrogens (tertiary/aromatic N) is 5. The van der Waals surface area contributed by atoms with Crippen molar-refractivity contribution in [2.45, 2.75) is 33.0 Å². The van der Waals surface area contributed by atoms with Crippen molar-refractivity contribution >= 4 is 5.82 Å². The van der Waals surface area contributed by atoms with Crippen molar-refractivity contribution in [3.05, 3.63) is 35.5 Å². The summed E-state index contributed by atoms with van der Waals surface area (Å²) >= 11 is 0. The molecular formula is C17H24N6O. The zero-order chi connectivity index (χ0) is 16.4. The van der Waals surface area contributed by atoms with Gasteiger partial charge in [-0.1, -0.05) is 0 Å². The molecule has 0 aromatic carbocycles. The number of imidazole rings is 1. The van der Waals surface area contributed by atoms with Crippen LogP contribution in [-0.4, -0.2) is 51.0 Å². The molecule has 1 saturated heterocycles. The number of fused-ring (bicyclic) bond motifs is 1. The highest BCUT2D eigenvalue weighted by molar-refractivity contribution is 5.33. The van der Waals surface area contributed by atoms with E-state index in [1.165, 1.54) is 6.42 Å². The van der Waals surface area contributed by atoms with Crippen LogP contribution < -0.4 is 5.32 Å². The summed E-state index contributed by atoms with van der Waals surface area (Å²) in [6, 6.07) is 3.90. The zero-order valence-corrected chi connectivity index (χ0v) is 14.1. The summed E-state index contributed by atoms with van der Waals surface area (Å²) in [4.78, 5) is 7.29. The van der Waals surface area contributed by atoms with Crippen LogP contribution in [0.2, 0.25) is 0 Å². The number of aromatic nitrogens is 4. The molecular weight excluding hydrogens is 304 g/mol. The van der Waals surface area contributed by atoms with Gasteiger partial charge in [0.1, 0.15) is 11.6 Å². The van der Waals surface area contributed by atoms with Crippen LogP contribution in [0.1, 0.15) is 23.6 Å². The molecule has 2 aliphatic rings. The first kappa shape index (κ1) is 15.5. The Bertz CT molecular complexity index is 677. The number of nitrogens with one attached hydrogen (secondary N) is 1. The van der Waals surface area contributed by atoms with E-state index in [4.69, 9.17) is 9.72 Å². The summed E-state index contributed by atoms with van der Waals surface area (Å²) in [5, 5.41) is 11.5. The van der Waals surface area contributed by atoms with E-state index in [1.807, 2.05) is 19.1 Å². The molecule has 0 bridgehead atoms. The fourth-order valence-electron chi connectivity index (χ4n) is 3.37. The Morgan fingerprint density at radius 3 is 3.04 bits per heavy atom. The number of aryl methyl sites for hydroxylation is 1. The van der Waals surface area contributed by atoms with Crippen molar-refractivity contribution in [1.82, 2.24) is 24.6 Å². The third-order valence-electron chi connectivity index (χ3n) is 4.72. The van der Waals surface area contributed by atoms with Gasteiger partial charge in [0.2, 0.25) is 0 Å². The molecule has 0 amide bonds. The fourth-order valence-corrected chi connectivity index (χ4v) is 3.37. The minimum Gasteiger partial charge on any atom is -0.381 e. The number of hydrogen-bond acceptors (Lipinski definition) is 6. The first-order chi connectivity index (χ1) is 11.8. The van der Waals surface area contributed by atoms with Crippen molar-refractivity contribution < 1.29 is 4.74 Å². The van der Waals surface area contributed by atoms with Gasteiger partial charge >= 0.3 is 0 Å². The minimum atomic E-state index is 0.675. The average Bonchev–Trinajstić information content (AvgIpc) is 3.23. The van der Waals surface area contributed by atoms with Gasteiger partial charge in [-0.3, -0.25) is 4.90 Å². The molecule has 4 rings (SSSR count). The van der Waals surface area contributed by atoms with Gasteiger partial charge in [-0.05, 0) is 31.4 Å². The van der Waals surface area contributed by atoms with E-state index >= 15 is 0 Å². The monoisotopic (exact) mass is 328 g/mol. The van der Waals surface area contributed by atoms with E-state index in [1.54, 1.807) is 0 Å². The maximum atomic E-state index is 5.49. The molecule has 2 aliphatic heterocycles. The Morgan fingerprint density at radius 1 is 1.29 bits per heavy atom. The molecule has 2 aromatic rings. The quantitative estimate of drug-likeness (QED) is 0.896. The SMILES string of the molecule is Cc1ccc(NCc2cn3c(n2)CN(CC2CCOC2)CC3)nn1. The summed E-state index contributed by atoms with van der Waals surface area (Å²) in [5.74, 6) is 2.63. The molecule has 0 spiro atoms. The van der Waals surface area contributed by atoms with Gasteiger partial charge in [0.25, 0.3) is 0 Å². The van der Waals surface area contributed by atoms with E-state index < -0.39 is 0 Å². The second-order valence-corrected chi connectivity index (χ2v) is 6.72. The molecule has 7 heteroatoms. The number of hydrogen-bond donors (Lipinski definition) is 1. The van der Waals surface area contributed by atoms with Crippen molar-refractivity contribution in [2.24, 2.45) is 5.92 Å². The van der Waals surface area contributed by atoms with E-state index in [-0.39, 0.29) is 0 Å². The molecule has 4 heterocycles. The van der Waals surface area contributed by atoms with Gasteiger partial charge in [0.15, 0.2) is 0 Å². The van der Waals surface area contributed by atoms with Crippen molar-refractivity contribution in [1.29, 1.82) is 0 Å². The molecule has 128 valence electrons. The van der Waals surface area contributed by atoms with Crippen LogP contribution in [0.4, 0.5) is 5.82 Å². The molecule has 2 aromatic heterocycles. The third kappa shape index (κ3) is 3.57. The predicted octanol–water partition coefficient (Wildman–Crippen LogP) is 1.45. The van der Waals surface area contributed by atoms with Crippen molar-refractivity contribution in [3.63, 3.8) is 0 Å². The Kier molecular flexibility index (Phi) is 4.44. The van der Waals surface area contributed by atoms with Crippen molar-refractivity contribution in [3.8, 4) is 0 Å². The molecule has 24 heavy (non-hydrogen) atoms. The van der Waals surface area contributed by atoms with Gasteiger partial charge < -0.3 is 14.6 Å². The first-order valence-corrected chi connectivity index (χ1v) is 8.65. The van der Waals surface area contributed by atoms with Crippen LogP contribution in [0.15, 0.2) is 18.3 Å². The molecule has 1 fully saturated rings. The van der Waals surface area contributed by atoms with Crippen LogP contribution >= 0.6 is 0 Å². The largest absolute Gasteiger partial charge is 0.381 e. The number of rotatable bonds is 5. The number of anilines is 1. The van der Waals surface area contributed by atoms with Crippen LogP contribution in [0.25, 0.3) is 0 Å². The molecule has 0 aliphatic carbocycles. The van der Waals surface area contributed by atoms with Crippen LogP contribution in [0.3, 0.4) is 0 Å². The molecule has 0 saturated carbocycles. The topological polar surface area (TPSA) is 68.1 Å². The Balaban J connectivity index is 1.34. The summed E-state index contributed by atoms with van der Waals surface area (Å²) < 4.78 is 7.76. The summed E-state index contributed by atoms with van der Waals surface area (Å²) in [6.45, 7) is 8.61. The maximum absolute atomic E-state index is 5.49. The van der Waals surface area contributed by atoms with Crippen LogP contribution in [0, 0.1) is 12.8 Å². The fraction of sp³-hybridized carbons (Fsp3) is 0.588. The lowest BCUT2D eigenvalue weighted by molar-refractivity contribution is 0.152. The van der Waals surface area contributed by atoms with Crippen LogP contribution in [0.5, 0.6) is 0 Å². The van der Waals surface area contributed by atoms with E-state index in [0.29, 0.717) is 12.5 Å². The zero-order valence-electron chi connectivity index (χ0n) is 14.1. The molecule has 0 radical (unpaired) electrons. The maximum Gasteiger partial charge on any atom is 0.148 e. The highest BCUT2D eigenvalue weighted by Gasteiger charge is 2.23. The minimum absolute atomic E-state index is 0.675. The lowest BCUT2D eigenvalue weighted by Gasteiger charge is -2.29. The molecule has 7 nitrogen and oxygen atoms in total. The first-order valence-electron chi connectivity index (χ1n) is 8.65. The van der Waals surface area contributed by atoms with Gasteiger partial charge in [0.05, 0.1) is 31.1 Å². The van der Waals surface area contributed by atoms with Gasteiger partial charge in [-0.15, -0.1) is 5.10 Å². The normalized spacial score (nSPS) is 21.0. The standard InChI is InChI=1S/C17H24N6O/c1-13-2-3-16(21-20-13)18-8-15-10-23-6-5-22(11-17(23)19-15)9-14-4-7-24-12-14/h2-3,10,14H,4-9,11-12H2,1H3,(H,18,21). The Hall–Kier alpha value is -1.99. The molecule has 1 unspecified atom stereocenters. The second-order valence-electron chi connectivity index (χ2n) is 6.72. The van der Waals surface area contributed by atoms with E-state index in [9.17, 15) is 0 Å². The highest BCUT2D eigenvalue weighted by Crippen LogP contribution is 2.19. The van der Waals surface area contributed by atoms with E-state index in [0.717, 1.165) is 62.4 Å². The Labute approximate surface area is 142 Å². The van der Waals surface area contributed by atoms with Gasteiger partial charge in [-0.2, -0.15) is 5.10 Å². The predicted molar refractivity (Wildman–Crippen MR) is 90.5 cm³/mol. The molecule has 1 atom stereocenters. The third-order valence-corrected chi connectivity index (χ3v) is 4.72.